The number of fused-ring (bicyclic) bond motifs is 4. The van der Waals surface area contributed by atoms with Crippen LogP contribution in [-0.2, 0) is 19.2 Å². The van der Waals surface area contributed by atoms with Crippen LogP contribution in [0.1, 0.15) is 37.7 Å². The molecule has 6 rings (SSSR count). The topological polar surface area (TPSA) is 95.0 Å². The van der Waals surface area contributed by atoms with E-state index in [0.29, 0.717) is 12.0 Å². The van der Waals surface area contributed by atoms with Crippen LogP contribution in [0, 0.1) is 23.6 Å². The van der Waals surface area contributed by atoms with Crippen LogP contribution < -0.4 is 4.90 Å². The van der Waals surface area contributed by atoms with Gasteiger partial charge in [0.2, 0.25) is 11.8 Å². The van der Waals surface area contributed by atoms with E-state index >= 15 is 0 Å². The molecule has 4 amide bonds. The molecule has 1 N–H and O–H groups in total. The first-order chi connectivity index (χ1) is 18.6. The fourth-order valence-electron chi connectivity index (χ4n) is 6.99. The van der Waals surface area contributed by atoms with Crippen LogP contribution in [-0.4, -0.2) is 49.9 Å². The lowest BCUT2D eigenvalue weighted by atomic mass is 9.56. The number of para-hydroxylation sites is 1. The van der Waals surface area contributed by atoms with Gasteiger partial charge in [0, 0.05) is 18.0 Å². The number of aromatic hydroxyl groups is 1. The molecule has 39 heavy (non-hydrogen) atoms. The zero-order valence-electron chi connectivity index (χ0n) is 20.9. The Balaban J connectivity index is 1.55. The van der Waals surface area contributed by atoms with Crippen LogP contribution in [0.25, 0.3) is 0 Å². The van der Waals surface area contributed by atoms with Crippen molar-refractivity contribution in [2.24, 2.45) is 17.8 Å². The summed E-state index contributed by atoms with van der Waals surface area (Å²) in [7, 11) is 0. The number of benzene rings is 2. The molecule has 0 spiro atoms. The van der Waals surface area contributed by atoms with Crippen LogP contribution in [0.4, 0.5) is 10.1 Å². The van der Waals surface area contributed by atoms with Crippen molar-refractivity contribution in [1.82, 2.24) is 4.90 Å². The van der Waals surface area contributed by atoms with Crippen LogP contribution in [0.2, 0.25) is 0 Å². The molecule has 3 fully saturated rings. The van der Waals surface area contributed by atoms with Crippen molar-refractivity contribution in [3.8, 4) is 5.75 Å². The Hall–Kier alpha value is -3.23. The summed E-state index contributed by atoms with van der Waals surface area (Å²) in [6, 6.07) is 11.2. The molecule has 2 aliphatic carbocycles. The summed E-state index contributed by atoms with van der Waals surface area (Å²) in [4.78, 5) is 53.1. The second-order valence-corrected chi connectivity index (χ2v) is 11.9. The van der Waals surface area contributed by atoms with Crippen molar-refractivity contribution in [3.05, 3.63) is 71.6 Å². The number of allylic oxidation sites excluding steroid dienone is 2. The average Bonchev–Trinajstić information content (AvgIpc) is 3.24. The zero-order chi connectivity index (χ0) is 27.9. The number of carbonyl (C=O) groups is 4. The van der Waals surface area contributed by atoms with Crippen molar-refractivity contribution in [2.45, 2.75) is 41.9 Å². The van der Waals surface area contributed by atoms with Crippen molar-refractivity contribution in [1.29, 1.82) is 0 Å². The van der Waals surface area contributed by atoms with Crippen LogP contribution in [0.3, 0.4) is 0 Å². The molecular weight excluding hydrogens is 546 g/mol. The number of nitrogens with zero attached hydrogens (tertiary/aromatic N) is 2. The minimum Gasteiger partial charge on any atom is -0.508 e. The number of phenolic OH excluding ortho intramolecular Hbond substituents is 1. The molecule has 2 saturated heterocycles. The minimum atomic E-state index is -2.07. The second-order valence-electron chi connectivity index (χ2n) is 10.6. The SMILES string of the molecule is CCCN1C(=O)C2CC=C3C(CC4(Cl)C(=O)N(c5ccc(F)cc5)C(=O)C4(Cl)C3c3ccccc3O)C2C1=O. The van der Waals surface area contributed by atoms with Gasteiger partial charge in [-0.1, -0.05) is 36.8 Å². The molecule has 2 aliphatic heterocycles. The predicted octanol–water partition coefficient (Wildman–Crippen LogP) is 4.50. The predicted molar refractivity (Wildman–Crippen MR) is 142 cm³/mol. The second kappa shape index (κ2) is 8.89. The maximum absolute atomic E-state index is 14.2. The summed E-state index contributed by atoms with van der Waals surface area (Å²) in [6.07, 6.45) is 2.53. The maximum atomic E-state index is 14.2. The average molecular weight is 571 g/mol. The first-order valence-corrected chi connectivity index (χ1v) is 13.7. The van der Waals surface area contributed by atoms with E-state index in [4.69, 9.17) is 23.2 Å². The van der Waals surface area contributed by atoms with E-state index in [-0.39, 0.29) is 48.2 Å². The molecule has 0 radical (unpaired) electrons. The molecular formula is C29H25Cl2FN2O5. The summed E-state index contributed by atoms with van der Waals surface area (Å²) in [5.41, 5.74) is 0.995. The van der Waals surface area contributed by atoms with Gasteiger partial charge >= 0.3 is 0 Å². The molecule has 4 aliphatic rings. The monoisotopic (exact) mass is 570 g/mol. The Morgan fingerprint density at radius 1 is 0.974 bits per heavy atom. The Kier molecular flexibility index (Phi) is 5.93. The fourth-order valence-corrected chi connectivity index (χ4v) is 7.91. The minimum absolute atomic E-state index is 0.105. The Morgan fingerprint density at radius 2 is 1.67 bits per heavy atom. The van der Waals surface area contributed by atoms with Crippen molar-refractivity contribution in [2.75, 3.05) is 11.4 Å². The lowest BCUT2D eigenvalue weighted by molar-refractivity contribution is -0.140. The highest BCUT2D eigenvalue weighted by Gasteiger charge is 2.76. The lowest BCUT2D eigenvalue weighted by Gasteiger charge is -2.50. The fraction of sp³-hybridized carbons (Fsp3) is 0.379. The molecule has 2 heterocycles. The smallest absolute Gasteiger partial charge is 0.258 e. The number of phenols is 1. The molecule has 2 aromatic rings. The summed E-state index contributed by atoms with van der Waals surface area (Å²) in [5.74, 6) is -5.97. The van der Waals surface area contributed by atoms with E-state index in [0.717, 1.165) is 17.0 Å². The highest BCUT2D eigenvalue weighted by Crippen LogP contribution is 2.66. The van der Waals surface area contributed by atoms with Crippen molar-refractivity contribution >= 4 is 52.5 Å². The van der Waals surface area contributed by atoms with Gasteiger partial charge in [-0.25, -0.2) is 9.29 Å². The molecule has 6 unspecified atom stereocenters. The highest BCUT2D eigenvalue weighted by molar-refractivity contribution is 6.58. The summed E-state index contributed by atoms with van der Waals surface area (Å²) in [6.45, 7) is 2.17. The molecule has 6 atom stereocenters. The Morgan fingerprint density at radius 3 is 2.33 bits per heavy atom. The molecule has 1 saturated carbocycles. The number of imide groups is 2. The van der Waals surface area contributed by atoms with Gasteiger partial charge in [-0.05, 0) is 55.5 Å². The number of alkyl halides is 2. The Labute approximate surface area is 234 Å². The zero-order valence-corrected chi connectivity index (χ0v) is 22.5. The van der Waals surface area contributed by atoms with E-state index in [9.17, 15) is 28.7 Å². The van der Waals surface area contributed by atoms with E-state index in [1.807, 2.05) is 13.0 Å². The van der Waals surface area contributed by atoms with Gasteiger partial charge in [0.05, 0.1) is 17.5 Å². The maximum Gasteiger partial charge on any atom is 0.258 e. The van der Waals surface area contributed by atoms with Crippen molar-refractivity contribution in [3.63, 3.8) is 0 Å². The normalized spacial score (nSPS) is 33.7. The van der Waals surface area contributed by atoms with Gasteiger partial charge in [0.15, 0.2) is 9.75 Å². The lowest BCUT2D eigenvalue weighted by Crippen LogP contribution is -2.60. The number of hydrogen-bond acceptors (Lipinski definition) is 5. The first-order valence-electron chi connectivity index (χ1n) is 12.9. The number of hydrogen-bond donors (Lipinski definition) is 1. The van der Waals surface area contributed by atoms with E-state index in [2.05, 4.69) is 0 Å². The van der Waals surface area contributed by atoms with Gasteiger partial charge < -0.3 is 5.11 Å². The number of halogens is 3. The standard InChI is InChI=1S/C29H25Cl2FN2O5/c1-2-13-33-24(36)19-12-11-17-20(22(19)25(33)37)14-28(30)26(38)34(16-9-7-15(32)8-10-16)27(39)29(28,31)23(17)18-5-3-4-6-21(18)35/h3-11,19-20,22-23,35H,2,12-14H2,1H3. The third-order valence-corrected chi connectivity index (χ3v) is 10.1. The van der Waals surface area contributed by atoms with Gasteiger partial charge in [0.1, 0.15) is 11.6 Å². The van der Waals surface area contributed by atoms with Gasteiger partial charge in [-0.15, -0.1) is 23.2 Å². The molecule has 0 bridgehead atoms. The number of amides is 4. The molecule has 10 heteroatoms. The molecule has 7 nitrogen and oxygen atoms in total. The Bertz CT molecular complexity index is 1460. The molecule has 0 aromatic heterocycles. The molecule has 2 aromatic carbocycles. The van der Waals surface area contributed by atoms with Crippen LogP contribution in [0.15, 0.2) is 60.2 Å². The third-order valence-electron chi connectivity index (χ3n) is 8.68. The third kappa shape index (κ3) is 3.34. The van der Waals surface area contributed by atoms with E-state index in [1.54, 1.807) is 18.2 Å². The first kappa shape index (κ1) is 26.0. The quantitative estimate of drug-likeness (QED) is 0.331. The number of rotatable bonds is 4. The highest BCUT2D eigenvalue weighted by atomic mass is 35.5. The van der Waals surface area contributed by atoms with Crippen LogP contribution >= 0.6 is 23.2 Å². The largest absolute Gasteiger partial charge is 0.508 e. The number of carbonyl (C=O) groups excluding carboxylic acids is 4. The van der Waals surface area contributed by atoms with Gasteiger partial charge in [-0.3, -0.25) is 24.1 Å². The van der Waals surface area contributed by atoms with Crippen molar-refractivity contribution < 1.29 is 28.7 Å². The number of anilines is 1. The molecule has 202 valence electrons. The number of likely N-dealkylation sites (tertiary alicyclic amines) is 1. The van der Waals surface area contributed by atoms with Gasteiger partial charge in [-0.2, -0.15) is 0 Å². The van der Waals surface area contributed by atoms with E-state index in [1.165, 1.54) is 23.1 Å². The van der Waals surface area contributed by atoms with E-state index < -0.39 is 51.1 Å². The van der Waals surface area contributed by atoms with Gasteiger partial charge in [0.25, 0.3) is 11.8 Å². The summed E-state index contributed by atoms with van der Waals surface area (Å²) in [5, 5.41) is 10.9. The summed E-state index contributed by atoms with van der Waals surface area (Å²) < 4.78 is 13.7. The van der Waals surface area contributed by atoms with Crippen LogP contribution in [0.5, 0.6) is 5.75 Å². The summed E-state index contributed by atoms with van der Waals surface area (Å²) >= 11 is 14.5.